The van der Waals surface area contributed by atoms with E-state index in [0.29, 0.717) is 11.1 Å². The van der Waals surface area contributed by atoms with Crippen molar-refractivity contribution in [2.45, 2.75) is 11.3 Å². The first-order chi connectivity index (χ1) is 14.8. The summed E-state index contributed by atoms with van der Waals surface area (Å²) in [5.74, 6) is -1.31. The first kappa shape index (κ1) is 20.7. The van der Waals surface area contributed by atoms with Crippen molar-refractivity contribution in [1.82, 2.24) is 14.2 Å². The number of carbonyl (C=O) groups is 1. The van der Waals surface area contributed by atoms with Gasteiger partial charge in [-0.05, 0) is 42.0 Å². The Labute approximate surface area is 181 Å². The van der Waals surface area contributed by atoms with Gasteiger partial charge in [0.25, 0.3) is 10.0 Å². The molecule has 10 heteroatoms. The molecule has 4 aromatic rings. The number of rotatable bonds is 5. The van der Waals surface area contributed by atoms with Crippen molar-refractivity contribution in [2.24, 2.45) is 0 Å². The number of aromatic nitrogens is 3. The summed E-state index contributed by atoms with van der Waals surface area (Å²) in [6.07, 6.45) is 2.43. The second-order valence-corrected chi connectivity index (χ2v) is 8.75. The number of pyridine rings is 1. The summed E-state index contributed by atoms with van der Waals surface area (Å²) in [7, 11) is -4.12. The minimum absolute atomic E-state index is 0.0102. The highest BCUT2D eigenvalue weighted by molar-refractivity contribution is 7.90. The van der Waals surface area contributed by atoms with E-state index in [9.17, 15) is 17.6 Å². The molecule has 0 fully saturated rings. The summed E-state index contributed by atoms with van der Waals surface area (Å²) in [6, 6.07) is 12.8. The van der Waals surface area contributed by atoms with Crippen molar-refractivity contribution in [3.05, 3.63) is 88.5 Å². The van der Waals surface area contributed by atoms with Crippen molar-refractivity contribution in [3.63, 3.8) is 0 Å². The predicted octanol–water partition coefficient (Wildman–Crippen LogP) is 3.76. The van der Waals surface area contributed by atoms with E-state index in [-0.39, 0.29) is 33.0 Å². The highest BCUT2D eigenvalue weighted by Gasteiger charge is 2.22. The molecule has 0 aliphatic heterocycles. The van der Waals surface area contributed by atoms with Crippen LogP contribution in [0.25, 0.3) is 11.0 Å². The third kappa shape index (κ3) is 3.79. The third-order valence-corrected chi connectivity index (χ3v) is 6.45. The van der Waals surface area contributed by atoms with Gasteiger partial charge in [0.2, 0.25) is 0 Å². The lowest BCUT2D eigenvalue weighted by Crippen LogP contribution is -2.15. The van der Waals surface area contributed by atoms with Crippen LogP contribution in [0.2, 0.25) is 5.02 Å². The normalized spacial score (nSPS) is 11.4. The fraction of sp³-hybridized carbons (Fsp3) is 0.0476. The van der Waals surface area contributed by atoms with Crippen LogP contribution in [0.5, 0.6) is 0 Å². The van der Waals surface area contributed by atoms with Crippen LogP contribution in [-0.4, -0.2) is 28.4 Å². The number of halogens is 2. The SMILES string of the molecule is N#Cc1cccc(S(=O)(=O)n2ncc3ncc(CC(=O)c4c(F)cccc4Cl)cc32)c1. The van der Waals surface area contributed by atoms with Crippen LogP contribution < -0.4 is 0 Å². The van der Waals surface area contributed by atoms with Crippen LogP contribution >= 0.6 is 11.6 Å². The summed E-state index contributed by atoms with van der Waals surface area (Å²) < 4.78 is 40.9. The number of Topliss-reactive ketones (excluding diaryl/α,β-unsaturated/α-hetero) is 1. The van der Waals surface area contributed by atoms with E-state index in [1.165, 1.54) is 54.9 Å². The van der Waals surface area contributed by atoms with Crippen LogP contribution in [-0.2, 0) is 16.4 Å². The summed E-state index contributed by atoms with van der Waals surface area (Å²) in [5, 5.41) is 13.0. The molecule has 0 unspecified atom stereocenters. The fourth-order valence-electron chi connectivity index (χ4n) is 3.08. The second-order valence-electron chi connectivity index (χ2n) is 6.58. The number of benzene rings is 2. The lowest BCUT2D eigenvalue weighted by atomic mass is 10.0. The molecule has 2 aromatic carbocycles. The Morgan fingerprint density at radius 3 is 2.68 bits per heavy atom. The molecule has 7 nitrogen and oxygen atoms in total. The molecule has 0 aliphatic rings. The number of fused-ring (bicyclic) bond motifs is 1. The number of nitrogens with zero attached hydrogens (tertiary/aromatic N) is 4. The minimum Gasteiger partial charge on any atom is -0.294 e. The fourth-order valence-corrected chi connectivity index (χ4v) is 4.65. The zero-order valence-electron chi connectivity index (χ0n) is 15.7. The largest absolute Gasteiger partial charge is 0.294 e. The zero-order valence-corrected chi connectivity index (χ0v) is 17.2. The van der Waals surface area contributed by atoms with Crippen molar-refractivity contribution in [1.29, 1.82) is 5.26 Å². The van der Waals surface area contributed by atoms with Crippen LogP contribution in [0.1, 0.15) is 21.5 Å². The number of carbonyl (C=O) groups excluding carboxylic acids is 1. The zero-order chi connectivity index (χ0) is 22.2. The molecule has 0 N–H and O–H groups in total. The van der Waals surface area contributed by atoms with Crippen molar-refractivity contribution < 1.29 is 17.6 Å². The van der Waals surface area contributed by atoms with E-state index in [1.807, 2.05) is 6.07 Å². The molecule has 0 bridgehead atoms. The first-order valence-electron chi connectivity index (χ1n) is 8.87. The predicted molar refractivity (Wildman–Crippen MR) is 111 cm³/mol. The number of nitriles is 1. The van der Waals surface area contributed by atoms with Gasteiger partial charge in [-0.2, -0.15) is 22.9 Å². The van der Waals surface area contributed by atoms with Gasteiger partial charge in [0.05, 0.1) is 33.3 Å². The van der Waals surface area contributed by atoms with E-state index in [4.69, 9.17) is 16.9 Å². The van der Waals surface area contributed by atoms with Crippen LogP contribution in [0.4, 0.5) is 4.39 Å². The summed E-state index contributed by atoms with van der Waals surface area (Å²) in [5.41, 5.74) is 0.745. The number of hydrogen-bond acceptors (Lipinski definition) is 6. The molecule has 4 rings (SSSR count). The van der Waals surface area contributed by atoms with Gasteiger partial charge in [-0.25, -0.2) is 4.39 Å². The smallest absolute Gasteiger partial charge is 0.283 e. The molecule has 2 aromatic heterocycles. The maximum atomic E-state index is 14.0. The lowest BCUT2D eigenvalue weighted by Gasteiger charge is -2.08. The molecular weight excluding hydrogens is 443 g/mol. The van der Waals surface area contributed by atoms with E-state index in [0.717, 1.165) is 10.2 Å². The Morgan fingerprint density at radius 1 is 1.16 bits per heavy atom. The van der Waals surface area contributed by atoms with Crippen molar-refractivity contribution in [3.8, 4) is 6.07 Å². The molecule has 0 radical (unpaired) electrons. The molecule has 0 amide bonds. The lowest BCUT2D eigenvalue weighted by molar-refractivity contribution is 0.0989. The van der Waals surface area contributed by atoms with E-state index in [1.54, 1.807) is 0 Å². The van der Waals surface area contributed by atoms with E-state index < -0.39 is 21.6 Å². The molecule has 0 saturated carbocycles. The number of hydrogen-bond donors (Lipinski definition) is 0. The van der Waals surface area contributed by atoms with Crippen LogP contribution in [0.15, 0.2) is 65.8 Å². The van der Waals surface area contributed by atoms with Gasteiger partial charge in [-0.3, -0.25) is 9.78 Å². The van der Waals surface area contributed by atoms with Crippen molar-refractivity contribution in [2.75, 3.05) is 0 Å². The Hall–Kier alpha value is -3.61. The summed E-state index contributed by atoms with van der Waals surface area (Å²) >= 11 is 5.95. The Bertz CT molecular complexity index is 1470. The maximum Gasteiger partial charge on any atom is 0.283 e. The van der Waals surface area contributed by atoms with E-state index in [2.05, 4.69) is 10.1 Å². The maximum absolute atomic E-state index is 14.0. The minimum atomic E-state index is -4.12. The van der Waals surface area contributed by atoms with Gasteiger partial charge >= 0.3 is 0 Å². The molecule has 154 valence electrons. The van der Waals surface area contributed by atoms with Gasteiger partial charge in [-0.1, -0.05) is 23.7 Å². The molecule has 0 spiro atoms. The highest BCUT2D eigenvalue weighted by atomic mass is 35.5. The van der Waals surface area contributed by atoms with Crippen LogP contribution in [0.3, 0.4) is 0 Å². The average molecular weight is 455 g/mol. The average Bonchev–Trinajstić information content (AvgIpc) is 3.18. The van der Waals surface area contributed by atoms with Gasteiger partial charge in [0.1, 0.15) is 16.9 Å². The third-order valence-electron chi connectivity index (χ3n) is 4.54. The summed E-state index contributed by atoms with van der Waals surface area (Å²) in [6.45, 7) is 0. The van der Waals surface area contributed by atoms with Crippen LogP contribution in [0, 0.1) is 17.1 Å². The monoisotopic (exact) mass is 454 g/mol. The molecule has 0 aliphatic carbocycles. The molecule has 2 heterocycles. The first-order valence-corrected chi connectivity index (χ1v) is 10.7. The highest BCUT2D eigenvalue weighted by Crippen LogP contribution is 2.23. The second kappa shape index (κ2) is 7.91. The van der Waals surface area contributed by atoms with Gasteiger partial charge in [-0.15, -0.1) is 0 Å². The molecule has 0 saturated heterocycles. The quantitative estimate of drug-likeness (QED) is 0.425. The van der Waals surface area contributed by atoms with Gasteiger partial charge < -0.3 is 0 Å². The molecule has 0 atom stereocenters. The van der Waals surface area contributed by atoms with Gasteiger partial charge in [0, 0.05) is 12.6 Å². The number of ketones is 1. The summed E-state index contributed by atoms with van der Waals surface area (Å²) in [4.78, 5) is 16.6. The Kier molecular flexibility index (Phi) is 5.27. The van der Waals surface area contributed by atoms with E-state index >= 15 is 0 Å². The topological polar surface area (TPSA) is 106 Å². The Balaban J connectivity index is 1.75. The molecule has 31 heavy (non-hydrogen) atoms. The van der Waals surface area contributed by atoms with Gasteiger partial charge in [0.15, 0.2) is 5.78 Å². The molecular formula is C21H12ClFN4O3S. The van der Waals surface area contributed by atoms with Crippen molar-refractivity contribution >= 4 is 38.4 Å². The Morgan fingerprint density at radius 2 is 1.94 bits per heavy atom. The standard InChI is InChI=1S/C21H12ClFN4O3S/c22-16-5-2-6-17(23)21(16)20(28)9-14-8-19-18(25-11-14)12-26-27(19)31(29,30)15-4-1-3-13(7-15)10-24/h1-8,11-12H,9H2.